The number of amidine groups is 1. The van der Waals surface area contributed by atoms with Crippen LogP contribution in [0, 0.1) is 6.92 Å². The van der Waals surface area contributed by atoms with Crippen molar-refractivity contribution in [1.82, 2.24) is 10.4 Å². The molecule has 1 aromatic heterocycles. The first kappa shape index (κ1) is 18.8. The molecule has 0 amide bonds. The minimum absolute atomic E-state index is 0.598. The van der Waals surface area contributed by atoms with E-state index in [1.807, 2.05) is 66.7 Å². The van der Waals surface area contributed by atoms with Crippen molar-refractivity contribution in [3.63, 3.8) is 0 Å². The van der Waals surface area contributed by atoms with E-state index in [0.717, 1.165) is 32.2 Å². The van der Waals surface area contributed by atoms with Crippen molar-refractivity contribution in [2.75, 3.05) is 7.11 Å². The summed E-state index contributed by atoms with van der Waals surface area (Å²) in [6, 6.07) is 23.8. The van der Waals surface area contributed by atoms with Gasteiger partial charge in [-0.3, -0.25) is 5.43 Å². The molecule has 0 aliphatic heterocycles. The van der Waals surface area contributed by atoms with Gasteiger partial charge in [0.05, 0.1) is 29.2 Å². The number of hydrogen-bond donors (Lipinski definition) is 1. The number of nitrogens with one attached hydrogen (secondary N) is 1. The summed E-state index contributed by atoms with van der Waals surface area (Å²) in [5, 5.41) is 5.17. The van der Waals surface area contributed by atoms with Gasteiger partial charge in [-0.2, -0.15) is 5.10 Å². The Morgan fingerprint density at radius 1 is 1.00 bits per heavy atom. The molecule has 0 fully saturated rings. The summed E-state index contributed by atoms with van der Waals surface area (Å²) in [6.07, 6.45) is 1.72. The Balaban J connectivity index is 1.68. The van der Waals surface area contributed by atoms with Gasteiger partial charge in [0.25, 0.3) is 0 Å². The van der Waals surface area contributed by atoms with E-state index < -0.39 is 0 Å². The number of aryl methyl sites for hydroxylation is 1. The predicted octanol–water partition coefficient (Wildman–Crippen LogP) is 5.32. The summed E-state index contributed by atoms with van der Waals surface area (Å²) in [5.41, 5.74) is 6.92. The van der Waals surface area contributed by atoms with Gasteiger partial charge in [-0.05, 0) is 43.3 Å². The van der Waals surface area contributed by atoms with E-state index in [4.69, 9.17) is 14.7 Å². The van der Waals surface area contributed by atoms with Gasteiger partial charge in [-0.15, -0.1) is 11.3 Å². The molecule has 0 bridgehead atoms. The molecular weight excluding hydrogens is 380 g/mol. The molecule has 0 unspecified atom stereocenters. The average molecular weight is 401 g/mol. The van der Waals surface area contributed by atoms with Gasteiger partial charge in [0.2, 0.25) is 0 Å². The first-order valence-electron chi connectivity index (χ1n) is 9.16. The van der Waals surface area contributed by atoms with Crippen molar-refractivity contribution in [3.8, 4) is 5.75 Å². The topological polar surface area (TPSA) is 58.9 Å². The monoisotopic (exact) mass is 400 g/mol. The summed E-state index contributed by atoms with van der Waals surface area (Å²) in [6.45, 7) is 2.05. The number of thiazole rings is 1. The summed E-state index contributed by atoms with van der Waals surface area (Å²) in [5.74, 6) is 1.36. The molecule has 4 aromatic rings. The van der Waals surface area contributed by atoms with Crippen LogP contribution in [0.1, 0.15) is 16.1 Å². The molecule has 3 aromatic carbocycles. The smallest absolute Gasteiger partial charge is 0.183 e. The second-order valence-electron chi connectivity index (χ2n) is 6.39. The fraction of sp³-hybridized carbons (Fsp3) is 0.0870. The molecule has 0 atom stereocenters. The SMILES string of the molecule is COc1ccccc1C=NNC(=Nc1ccc(C)cc1)c1nc2ccccc2s1. The van der Waals surface area contributed by atoms with E-state index in [0.29, 0.717) is 5.84 Å². The van der Waals surface area contributed by atoms with Crippen LogP contribution in [0.5, 0.6) is 5.75 Å². The summed E-state index contributed by atoms with van der Waals surface area (Å²) in [7, 11) is 1.64. The highest BCUT2D eigenvalue weighted by atomic mass is 32.1. The molecule has 1 N–H and O–H groups in total. The highest BCUT2D eigenvalue weighted by Gasteiger charge is 2.10. The molecule has 0 radical (unpaired) electrons. The molecular formula is C23H20N4OS. The largest absolute Gasteiger partial charge is 0.496 e. The molecule has 4 rings (SSSR count). The van der Waals surface area contributed by atoms with E-state index in [9.17, 15) is 0 Å². The third-order valence-electron chi connectivity index (χ3n) is 4.28. The molecule has 0 saturated carbocycles. The Hall–Kier alpha value is -3.51. The van der Waals surface area contributed by atoms with Crippen molar-refractivity contribution in [1.29, 1.82) is 0 Å². The van der Waals surface area contributed by atoms with Crippen LogP contribution in [0.25, 0.3) is 10.2 Å². The van der Waals surface area contributed by atoms with Gasteiger partial charge < -0.3 is 4.74 Å². The minimum Gasteiger partial charge on any atom is -0.496 e. The van der Waals surface area contributed by atoms with Crippen LogP contribution >= 0.6 is 11.3 Å². The van der Waals surface area contributed by atoms with Crippen LogP contribution in [0.4, 0.5) is 5.69 Å². The number of para-hydroxylation sites is 2. The van der Waals surface area contributed by atoms with E-state index in [1.165, 1.54) is 5.56 Å². The number of benzene rings is 3. The quantitative estimate of drug-likeness (QED) is 0.280. The number of hydrazone groups is 1. The van der Waals surface area contributed by atoms with Gasteiger partial charge in [-0.1, -0.05) is 42.0 Å². The van der Waals surface area contributed by atoms with E-state index >= 15 is 0 Å². The Bertz CT molecular complexity index is 1150. The second-order valence-corrected chi connectivity index (χ2v) is 7.43. The number of hydrogen-bond acceptors (Lipinski definition) is 5. The Morgan fingerprint density at radius 3 is 2.55 bits per heavy atom. The van der Waals surface area contributed by atoms with Gasteiger partial charge in [0.1, 0.15) is 5.75 Å². The zero-order valence-corrected chi connectivity index (χ0v) is 17.0. The van der Waals surface area contributed by atoms with Crippen molar-refractivity contribution in [3.05, 3.63) is 88.9 Å². The molecule has 0 aliphatic carbocycles. The number of aromatic nitrogens is 1. The first-order chi connectivity index (χ1) is 14.2. The fourth-order valence-corrected chi connectivity index (χ4v) is 3.68. The predicted molar refractivity (Wildman–Crippen MR) is 121 cm³/mol. The van der Waals surface area contributed by atoms with Crippen LogP contribution in [-0.4, -0.2) is 24.1 Å². The molecule has 144 valence electrons. The van der Waals surface area contributed by atoms with Crippen molar-refractivity contribution >= 4 is 39.3 Å². The van der Waals surface area contributed by atoms with Gasteiger partial charge in [-0.25, -0.2) is 9.98 Å². The number of nitrogens with zero attached hydrogens (tertiary/aromatic N) is 3. The molecule has 0 spiro atoms. The Kier molecular flexibility index (Phi) is 5.63. The first-order valence-corrected chi connectivity index (χ1v) is 9.98. The molecule has 6 heteroatoms. The maximum Gasteiger partial charge on any atom is 0.183 e. The van der Waals surface area contributed by atoms with Gasteiger partial charge in [0.15, 0.2) is 10.8 Å². The van der Waals surface area contributed by atoms with E-state index in [2.05, 4.69) is 23.5 Å². The van der Waals surface area contributed by atoms with Crippen LogP contribution < -0.4 is 10.2 Å². The molecule has 5 nitrogen and oxygen atoms in total. The Morgan fingerprint density at radius 2 is 1.76 bits per heavy atom. The maximum atomic E-state index is 5.37. The fourth-order valence-electron chi connectivity index (χ4n) is 2.78. The molecule has 29 heavy (non-hydrogen) atoms. The van der Waals surface area contributed by atoms with Crippen LogP contribution in [0.15, 0.2) is 82.9 Å². The van der Waals surface area contributed by atoms with Gasteiger partial charge >= 0.3 is 0 Å². The number of methoxy groups -OCH3 is 1. The number of ether oxygens (including phenoxy) is 1. The standard InChI is InChI=1S/C23H20N4OS/c1-16-11-13-18(14-12-16)25-22(23-26-19-8-4-6-10-21(19)29-23)27-24-15-17-7-3-5-9-20(17)28-2/h3-15H,1-2H3,(H,25,27). The normalized spacial score (nSPS) is 11.9. The lowest BCUT2D eigenvalue weighted by atomic mass is 10.2. The third-order valence-corrected chi connectivity index (χ3v) is 5.33. The van der Waals surface area contributed by atoms with E-state index in [-0.39, 0.29) is 0 Å². The number of aliphatic imine (C=N–C) groups is 1. The van der Waals surface area contributed by atoms with Crippen molar-refractivity contribution < 1.29 is 4.74 Å². The highest BCUT2D eigenvalue weighted by Crippen LogP contribution is 2.23. The van der Waals surface area contributed by atoms with Crippen molar-refractivity contribution in [2.24, 2.45) is 10.1 Å². The van der Waals surface area contributed by atoms with E-state index in [1.54, 1.807) is 24.7 Å². The molecule has 0 saturated heterocycles. The second kappa shape index (κ2) is 8.67. The summed E-state index contributed by atoms with van der Waals surface area (Å²) < 4.78 is 6.48. The van der Waals surface area contributed by atoms with Crippen LogP contribution in [-0.2, 0) is 0 Å². The Labute approximate surface area is 173 Å². The lowest BCUT2D eigenvalue weighted by molar-refractivity contribution is 0.414. The minimum atomic E-state index is 0.598. The highest BCUT2D eigenvalue weighted by molar-refractivity contribution is 7.20. The summed E-state index contributed by atoms with van der Waals surface area (Å²) in [4.78, 5) is 9.46. The molecule has 0 aliphatic rings. The zero-order valence-electron chi connectivity index (χ0n) is 16.2. The van der Waals surface area contributed by atoms with Crippen LogP contribution in [0.2, 0.25) is 0 Å². The summed E-state index contributed by atoms with van der Waals surface area (Å²) >= 11 is 1.58. The maximum absolute atomic E-state index is 5.37. The lowest BCUT2D eigenvalue weighted by Crippen LogP contribution is -2.18. The molecule has 1 heterocycles. The number of fused-ring (bicyclic) bond motifs is 1. The van der Waals surface area contributed by atoms with Gasteiger partial charge in [0, 0.05) is 5.56 Å². The average Bonchev–Trinajstić information content (AvgIpc) is 3.19. The third kappa shape index (κ3) is 4.50. The van der Waals surface area contributed by atoms with Crippen molar-refractivity contribution in [2.45, 2.75) is 6.92 Å². The van der Waals surface area contributed by atoms with Crippen LogP contribution in [0.3, 0.4) is 0 Å². The number of rotatable bonds is 5. The zero-order chi connectivity index (χ0) is 20.1. The lowest BCUT2D eigenvalue weighted by Gasteiger charge is -2.05.